The molecule has 3 N–H and O–H groups in total. The normalized spacial score (nSPS) is 11.7. The van der Waals surface area contributed by atoms with Gasteiger partial charge in [0.05, 0.1) is 18.3 Å². The minimum atomic E-state index is -0.544. The molecule has 0 radical (unpaired) electrons. The van der Waals surface area contributed by atoms with Gasteiger partial charge in [0.25, 0.3) is 0 Å². The van der Waals surface area contributed by atoms with E-state index in [2.05, 4.69) is 36.5 Å². The van der Waals surface area contributed by atoms with Crippen molar-refractivity contribution < 1.29 is 14.6 Å². The van der Waals surface area contributed by atoms with Crippen molar-refractivity contribution in [1.82, 2.24) is 15.3 Å². The number of para-hydroxylation sites is 1. The molecule has 0 aliphatic carbocycles. The summed E-state index contributed by atoms with van der Waals surface area (Å²) < 4.78 is 6.71. The second kappa shape index (κ2) is 9.63. The van der Waals surface area contributed by atoms with Crippen LogP contribution in [-0.4, -0.2) is 27.6 Å². The van der Waals surface area contributed by atoms with Crippen molar-refractivity contribution in [2.45, 2.75) is 19.4 Å². The fourth-order valence-corrected chi connectivity index (χ4v) is 3.40. The summed E-state index contributed by atoms with van der Waals surface area (Å²) in [5.41, 5.74) is 0.583. The third-order valence-corrected chi connectivity index (χ3v) is 4.94. The van der Waals surface area contributed by atoms with Crippen LogP contribution in [0.1, 0.15) is 25.1 Å². The number of carbonyl (C=O) groups is 1. The van der Waals surface area contributed by atoms with Crippen molar-refractivity contribution in [3.63, 3.8) is 0 Å². The van der Waals surface area contributed by atoms with Crippen LogP contribution >= 0.6 is 27.3 Å². The number of thiazole rings is 1. The van der Waals surface area contributed by atoms with E-state index in [0.717, 1.165) is 4.47 Å². The molecule has 1 unspecified atom stereocenters. The Balaban J connectivity index is 1.79. The zero-order valence-electron chi connectivity index (χ0n) is 15.1. The predicted octanol–water partition coefficient (Wildman–Crippen LogP) is 4.40. The molecule has 1 aromatic carbocycles. The molecule has 2 aromatic heterocycles. The highest BCUT2D eigenvalue weighted by molar-refractivity contribution is 9.10. The molecule has 9 heteroatoms. The van der Waals surface area contributed by atoms with E-state index in [9.17, 15) is 9.90 Å². The summed E-state index contributed by atoms with van der Waals surface area (Å²) in [5, 5.41) is 17.8. The van der Waals surface area contributed by atoms with E-state index in [1.807, 2.05) is 36.4 Å². The second-order valence-corrected chi connectivity index (χ2v) is 7.55. The second-order valence-electron chi connectivity index (χ2n) is 5.77. The van der Waals surface area contributed by atoms with Crippen molar-refractivity contribution in [2.75, 3.05) is 11.9 Å². The van der Waals surface area contributed by atoms with Crippen LogP contribution in [-0.2, 0) is 4.79 Å². The summed E-state index contributed by atoms with van der Waals surface area (Å²) in [6.07, 6.45) is 2.00. The van der Waals surface area contributed by atoms with E-state index in [1.54, 1.807) is 18.5 Å². The lowest BCUT2D eigenvalue weighted by molar-refractivity contribution is -0.121. The van der Waals surface area contributed by atoms with Gasteiger partial charge in [0.1, 0.15) is 5.75 Å². The summed E-state index contributed by atoms with van der Waals surface area (Å²) in [7, 11) is 0. The Labute approximate surface area is 174 Å². The van der Waals surface area contributed by atoms with Crippen LogP contribution in [0.5, 0.6) is 11.5 Å². The number of rotatable bonds is 8. The van der Waals surface area contributed by atoms with Gasteiger partial charge in [-0.1, -0.05) is 25.1 Å². The molecule has 0 fully saturated rings. The van der Waals surface area contributed by atoms with Gasteiger partial charge in [-0.2, -0.15) is 0 Å². The molecular weight excluding hydrogens is 444 g/mol. The first-order valence-electron chi connectivity index (χ1n) is 8.60. The smallest absolute Gasteiger partial charge is 0.220 e. The van der Waals surface area contributed by atoms with Crippen LogP contribution in [0.25, 0.3) is 0 Å². The summed E-state index contributed by atoms with van der Waals surface area (Å²) in [5.74, 6) is 1.59. The maximum Gasteiger partial charge on any atom is 0.220 e. The number of amides is 1. The number of hydrogen-bond donors (Lipinski definition) is 3. The molecule has 146 valence electrons. The number of aromatic nitrogens is 2. The van der Waals surface area contributed by atoms with Gasteiger partial charge >= 0.3 is 0 Å². The SMILES string of the molecule is CCC(=O)NC(CO)c1csc(Nc2ncc(Br)cc2Oc2ccccc2)n1. The molecule has 7 nitrogen and oxygen atoms in total. The van der Waals surface area contributed by atoms with Crippen molar-refractivity contribution in [1.29, 1.82) is 0 Å². The monoisotopic (exact) mass is 462 g/mol. The number of anilines is 2. The summed E-state index contributed by atoms with van der Waals surface area (Å²) in [6.45, 7) is 1.53. The number of nitrogens with zero attached hydrogens (tertiary/aromatic N) is 2. The lowest BCUT2D eigenvalue weighted by Crippen LogP contribution is -2.30. The zero-order valence-corrected chi connectivity index (χ0v) is 17.5. The topological polar surface area (TPSA) is 96.4 Å². The van der Waals surface area contributed by atoms with Gasteiger partial charge in [0.15, 0.2) is 16.7 Å². The number of ether oxygens (including phenoxy) is 1. The minimum absolute atomic E-state index is 0.144. The highest BCUT2D eigenvalue weighted by atomic mass is 79.9. The van der Waals surface area contributed by atoms with Crippen LogP contribution < -0.4 is 15.4 Å². The van der Waals surface area contributed by atoms with E-state index < -0.39 is 6.04 Å². The maximum absolute atomic E-state index is 11.6. The first kappa shape index (κ1) is 20.2. The van der Waals surface area contributed by atoms with Gasteiger partial charge in [-0.3, -0.25) is 4.79 Å². The van der Waals surface area contributed by atoms with E-state index >= 15 is 0 Å². The van der Waals surface area contributed by atoms with Crippen LogP contribution in [0.2, 0.25) is 0 Å². The molecule has 0 aliphatic heterocycles. The minimum Gasteiger partial charge on any atom is -0.453 e. The Morgan fingerprint density at radius 1 is 1.36 bits per heavy atom. The van der Waals surface area contributed by atoms with Crippen LogP contribution in [0, 0.1) is 0 Å². The molecule has 0 aliphatic rings. The Morgan fingerprint density at radius 3 is 2.86 bits per heavy atom. The first-order chi connectivity index (χ1) is 13.6. The van der Waals surface area contributed by atoms with Crippen molar-refractivity contribution in [2.24, 2.45) is 0 Å². The van der Waals surface area contributed by atoms with E-state index in [0.29, 0.717) is 34.6 Å². The van der Waals surface area contributed by atoms with E-state index in [4.69, 9.17) is 4.74 Å². The average Bonchev–Trinajstić information content (AvgIpc) is 3.17. The van der Waals surface area contributed by atoms with Crippen LogP contribution in [0.15, 0.2) is 52.4 Å². The number of aliphatic hydroxyl groups is 1. The molecule has 2 heterocycles. The number of benzene rings is 1. The van der Waals surface area contributed by atoms with Gasteiger partial charge < -0.3 is 20.5 Å². The largest absolute Gasteiger partial charge is 0.453 e. The van der Waals surface area contributed by atoms with Crippen LogP contribution in [0.4, 0.5) is 10.9 Å². The lowest BCUT2D eigenvalue weighted by Gasteiger charge is -2.13. The number of pyridine rings is 1. The Hall–Kier alpha value is -2.49. The van der Waals surface area contributed by atoms with E-state index in [-0.39, 0.29) is 12.5 Å². The highest BCUT2D eigenvalue weighted by Crippen LogP contribution is 2.33. The first-order valence-corrected chi connectivity index (χ1v) is 10.3. The van der Waals surface area contributed by atoms with Crippen LogP contribution in [0.3, 0.4) is 0 Å². The Kier molecular flexibility index (Phi) is 6.96. The number of hydrogen-bond acceptors (Lipinski definition) is 7. The molecule has 0 bridgehead atoms. The summed E-state index contributed by atoms with van der Waals surface area (Å²) >= 11 is 4.76. The van der Waals surface area contributed by atoms with Gasteiger partial charge in [0.2, 0.25) is 5.91 Å². The molecule has 0 saturated carbocycles. The third-order valence-electron chi connectivity index (χ3n) is 3.73. The summed E-state index contributed by atoms with van der Waals surface area (Å²) in [6, 6.07) is 10.7. The average molecular weight is 463 g/mol. The van der Waals surface area contributed by atoms with Gasteiger partial charge in [-0.15, -0.1) is 11.3 Å². The number of nitrogens with one attached hydrogen (secondary N) is 2. The quantitative estimate of drug-likeness (QED) is 0.459. The Morgan fingerprint density at radius 2 is 2.14 bits per heavy atom. The van der Waals surface area contributed by atoms with Crippen molar-refractivity contribution >= 4 is 44.1 Å². The molecule has 28 heavy (non-hydrogen) atoms. The van der Waals surface area contributed by atoms with Crippen molar-refractivity contribution in [3.05, 3.63) is 58.1 Å². The summed E-state index contributed by atoms with van der Waals surface area (Å²) in [4.78, 5) is 20.4. The molecule has 1 amide bonds. The zero-order chi connectivity index (χ0) is 19.9. The fraction of sp³-hybridized carbons (Fsp3) is 0.211. The standard InChI is InChI=1S/C19H19BrN4O3S/c1-2-17(26)22-14(10-25)15-11-28-19(23-15)24-18-16(8-12(20)9-21-18)27-13-6-4-3-5-7-13/h3-9,11,14,25H,2,10H2,1H3,(H,22,26)(H,21,23,24). The number of carbonyl (C=O) groups excluding carboxylic acids is 1. The van der Waals surface area contributed by atoms with E-state index in [1.165, 1.54) is 11.3 Å². The molecule has 0 saturated heterocycles. The number of aliphatic hydroxyl groups excluding tert-OH is 1. The number of halogens is 1. The fourth-order valence-electron chi connectivity index (χ4n) is 2.32. The van der Waals surface area contributed by atoms with Crippen molar-refractivity contribution in [3.8, 4) is 11.5 Å². The van der Waals surface area contributed by atoms with Gasteiger partial charge in [-0.25, -0.2) is 9.97 Å². The molecular formula is C19H19BrN4O3S. The molecule has 1 atom stereocenters. The van der Waals surface area contributed by atoms with Gasteiger partial charge in [-0.05, 0) is 28.1 Å². The third kappa shape index (κ3) is 5.28. The molecule has 3 aromatic rings. The molecule has 0 spiro atoms. The predicted molar refractivity (Wildman–Crippen MR) is 112 cm³/mol. The molecule has 3 rings (SSSR count). The maximum atomic E-state index is 11.6. The highest BCUT2D eigenvalue weighted by Gasteiger charge is 2.17. The van der Waals surface area contributed by atoms with Gasteiger partial charge in [0, 0.05) is 28.5 Å². The lowest BCUT2D eigenvalue weighted by atomic mass is 10.2. The Bertz CT molecular complexity index is 936.